The molecule has 0 saturated heterocycles. The van der Waals surface area contributed by atoms with Crippen molar-refractivity contribution in [1.29, 1.82) is 0 Å². The molecule has 1 heterocycles. The number of rotatable bonds is 4. The van der Waals surface area contributed by atoms with Crippen LogP contribution in [0.4, 0.5) is 0 Å². The lowest BCUT2D eigenvalue weighted by Crippen LogP contribution is -2.10. The Bertz CT molecular complexity index is 555. The molecule has 0 aliphatic heterocycles. The van der Waals surface area contributed by atoms with E-state index in [4.69, 9.17) is 22.1 Å². The van der Waals surface area contributed by atoms with Gasteiger partial charge in [0.2, 0.25) is 5.91 Å². The molecule has 5 heteroatoms. The van der Waals surface area contributed by atoms with Crippen molar-refractivity contribution in [3.05, 3.63) is 58.9 Å². The fourth-order valence-electron chi connectivity index (χ4n) is 1.40. The highest BCUT2D eigenvalue weighted by Gasteiger charge is 2.01. The van der Waals surface area contributed by atoms with E-state index in [-0.39, 0.29) is 0 Å². The Morgan fingerprint density at radius 1 is 1.28 bits per heavy atom. The van der Waals surface area contributed by atoms with Crippen molar-refractivity contribution in [2.24, 2.45) is 5.73 Å². The highest BCUT2D eigenvalue weighted by Crippen LogP contribution is 2.14. The second-order valence-corrected chi connectivity index (χ2v) is 4.08. The van der Waals surface area contributed by atoms with Gasteiger partial charge in [0.05, 0.1) is 5.69 Å². The van der Waals surface area contributed by atoms with Crippen LogP contribution < -0.4 is 10.5 Å². The molecule has 18 heavy (non-hydrogen) atoms. The Labute approximate surface area is 109 Å². The lowest BCUT2D eigenvalue weighted by Gasteiger charge is -2.06. The Morgan fingerprint density at radius 2 is 2.00 bits per heavy atom. The van der Waals surface area contributed by atoms with Gasteiger partial charge in [-0.3, -0.25) is 9.78 Å². The van der Waals surface area contributed by atoms with Crippen molar-refractivity contribution in [2.45, 2.75) is 6.61 Å². The topological polar surface area (TPSA) is 65.2 Å². The van der Waals surface area contributed by atoms with Gasteiger partial charge in [0, 0.05) is 16.8 Å². The van der Waals surface area contributed by atoms with Gasteiger partial charge in [-0.25, -0.2) is 0 Å². The van der Waals surface area contributed by atoms with Gasteiger partial charge in [-0.15, -0.1) is 0 Å². The van der Waals surface area contributed by atoms with Crippen molar-refractivity contribution < 1.29 is 9.53 Å². The number of benzene rings is 1. The minimum Gasteiger partial charge on any atom is -0.487 e. The lowest BCUT2D eigenvalue weighted by atomic mass is 10.2. The van der Waals surface area contributed by atoms with Crippen LogP contribution in [0.15, 0.2) is 42.6 Å². The maximum Gasteiger partial charge on any atom is 0.248 e. The van der Waals surface area contributed by atoms with Gasteiger partial charge in [0.25, 0.3) is 0 Å². The molecule has 0 aliphatic carbocycles. The SMILES string of the molecule is NC(=O)c1ccc(OCc2cc(Cl)ccn2)cc1. The third kappa shape index (κ3) is 3.21. The van der Waals surface area contributed by atoms with E-state index in [0.717, 1.165) is 5.69 Å². The molecule has 0 spiro atoms. The molecule has 0 bridgehead atoms. The van der Waals surface area contributed by atoms with Crippen LogP contribution in [0.25, 0.3) is 0 Å². The van der Waals surface area contributed by atoms with Gasteiger partial charge in [0.15, 0.2) is 0 Å². The molecule has 1 amide bonds. The van der Waals surface area contributed by atoms with Gasteiger partial charge in [-0.1, -0.05) is 11.6 Å². The predicted octanol–water partition coefficient (Wildman–Crippen LogP) is 2.41. The zero-order valence-electron chi connectivity index (χ0n) is 9.47. The summed E-state index contributed by atoms with van der Waals surface area (Å²) < 4.78 is 5.51. The molecule has 92 valence electrons. The number of primary amides is 1. The number of ether oxygens (including phenoxy) is 1. The average Bonchev–Trinajstić information content (AvgIpc) is 2.37. The number of nitrogens with two attached hydrogens (primary N) is 1. The van der Waals surface area contributed by atoms with Gasteiger partial charge >= 0.3 is 0 Å². The van der Waals surface area contributed by atoms with Crippen LogP contribution in [-0.2, 0) is 6.61 Å². The van der Waals surface area contributed by atoms with Crippen LogP contribution >= 0.6 is 11.6 Å². The summed E-state index contributed by atoms with van der Waals surface area (Å²) in [5.74, 6) is 0.180. The molecule has 2 aromatic rings. The summed E-state index contributed by atoms with van der Waals surface area (Å²) in [7, 11) is 0. The fourth-order valence-corrected chi connectivity index (χ4v) is 1.58. The third-order valence-corrected chi connectivity index (χ3v) is 2.54. The standard InChI is InChI=1S/C13H11ClN2O2/c14-10-5-6-16-11(7-10)8-18-12-3-1-9(2-4-12)13(15)17/h1-7H,8H2,(H2,15,17). The lowest BCUT2D eigenvalue weighted by molar-refractivity contribution is 0.100. The fraction of sp³-hybridized carbons (Fsp3) is 0.0769. The van der Waals surface area contributed by atoms with Crippen LogP contribution in [0, 0.1) is 0 Å². The number of carbonyl (C=O) groups is 1. The van der Waals surface area contributed by atoms with Gasteiger partial charge in [0.1, 0.15) is 12.4 Å². The second-order valence-electron chi connectivity index (χ2n) is 3.64. The van der Waals surface area contributed by atoms with Gasteiger partial charge < -0.3 is 10.5 Å². The van der Waals surface area contributed by atoms with E-state index in [0.29, 0.717) is 22.9 Å². The summed E-state index contributed by atoms with van der Waals surface area (Å²) in [6.45, 7) is 0.316. The molecular formula is C13H11ClN2O2. The van der Waals surface area contributed by atoms with Crippen molar-refractivity contribution in [2.75, 3.05) is 0 Å². The van der Waals surface area contributed by atoms with Crippen molar-refractivity contribution in [3.8, 4) is 5.75 Å². The van der Waals surface area contributed by atoms with Crippen molar-refractivity contribution in [3.63, 3.8) is 0 Å². The number of hydrogen-bond donors (Lipinski definition) is 1. The maximum atomic E-state index is 10.9. The molecule has 0 saturated carbocycles. The van der Waals surface area contributed by atoms with E-state index in [1.165, 1.54) is 0 Å². The number of carbonyl (C=O) groups excluding carboxylic acids is 1. The quantitative estimate of drug-likeness (QED) is 0.920. The van der Waals surface area contributed by atoms with E-state index in [1.807, 2.05) is 0 Å². The van der Waals surface area contributed by atoms with E-state index in [2.05, 4.69) is 4.98 Å². The first kappa shape index (κ1) is 12.4. The second kappa shape index (κ2) is 5.51. The third-order valence-electron chi connectivity index (χ3n) is 2.30. The first-order valence-electron chi connectivity index (χ1n) is 5.28. The molecule has 0 radical (unpaired) electrons. The Balaban J connectivity index is 2.00. The monoisotopic (exact) mass is 262 g/mol. The van der Waals surface area contributed by atoms with Gasteiger partial charge in [-0.05, 0) is 36.4 Å². The number of pyridine rings is 1. The molecule has 4 nitrogen and oxygen atoms in total. The molecule has 2 rings (SSSR count). The van der Waals surface area contributed by atoms with E-state index in [9.17, 15) is 4.79 Å². The summed E-state index contributed by atoms with van der Waals surface area (Å²) in [6, 6.07) is 10.0. The minimum atomic E-state index is -0.460. The molecule has 0 atom stereocenters. The first-order chi connectivity index (χ1) is 8.65. The maximum absolute atomic E-state index is 10.9. The largest absolute Gasteiger partial charge is 0.487 e. The highest BCUT2D eigenvalue weighted by molar-refractivity contribution is 6.30. The van der Waals surface area contributed by atoms with E-state index in [1.54, 1.807) is 42.6 Å². The Morgan fingerprint density at radius 3 is 2.61 bits per heavy atom. The van der Waals surface area contributed by atoms with Crippen molar-refractivity contribution in [1.82, 2.24) is 4.98 Å². The zero-order valence-corrected chi connectivity index (χ0v) is 10.2. The number of halogens is 1. The van der Waals surface area contributed by atoms with Crippen LogP contribution in [0.3, 0.4) is 0 Å². The number of amides is 1. The Hall–Kier alpha value is -2.07. The number of aromatic nitrogens is 1. The summed E-state index contributed by atoms with van der Waals surface area (Å²) in [5, 5.41) is 0.618. The summed E-state index contributed by atoms with van der Waals surface area (Å²) >= 11 is 5.84. The zero-order chi connectivity index (χ0) is 13.0. The summed E-state index contributed by atoms with van der Waals surface area (Å²) in [6.07, 6.45) is 1.62. The van der Waals surface area contributed by atoms with Gasteiger partial charge in [-0.2, -0.15) is 0 Å². The molecule has 0 unspecified atom stereocenters. The molecule has 1 aromatic heterocycles. The Kier molecular flexibility index (Phi) is 3.79. The minimum absolute atomic E-state index is 0.316. The molecular weight excluding hydrogens is 252 g/mol. The van der Waals surface area contributed by atoms with E-state index >= 15 is 0 Å². The number of nitrogens with zero attached hydrogens (tertiary/aromatic N) is 1. The molecule has 1 aromatic carbocycles. The molecule has 2 N–H and O–H groups in total. The normalized spacial score (nSPS) is 10.1. The van der Waals surface area contributed by atoms with E-state index < -0.39 is 5.91 Å². The molecule has 0 fully saturated rings. The van der Waals surface area contributed by atoms with Crippen LogP contribution in [-0.4, -0.2) is 10.9 Å². The summed E-state index contributed by atoms with van der Waals surface area (Å²) in [4.78, 5) is 15.0. The summed E-state index contributed by atoms with van der Waals surface area (Å²) in [5.41, 5.74) is 6.33. The first-order valence-corrected chi connectivity index (χ1v) is 5.66. The van der Waals surface area contributed by atoms with Crippen LogP contribution in [0.2, 0.25) is 5.02 Å². The smallest absolute Gasteiger partial charge is 0.248 e. The van der Waals surface area contributed by atoms with Crippen LogP contribution in [0.5, 0.6) is 5.75 Å². The van der Waals surface area contributed by atoms with Crippen LogP contribution in [0.1, 0.15) is 16.1 Å². The number of hydrogen-bond acceptors (Lipinski definition) is 3. The highest BCUT2D eigenvalue weighted by atomic mass is 35.5. The molecule has 0 aliphatic rings. The predicted molar refractivity (Wildman–Crippen MR) is 68.5 cm³/mol. The van der Waals surface area contributed by atoms with Crippen molar-refractivity contribution >= 4 is 17.5 Å². The average molecular weight is 263 g/mol.